The molecular weight excluding hydrogens is 294 g/mol. The van der Waals surface area contributed by atoms with E-state index >= 15 is 0 Å². The third-order valence-corrected chi connectivity index (χ3v) is 3.37. The first-order chi connectivity index (χ1) is 11.0. The lowest BCUT2D eigenvalue weighted by Gasteiger charge is -2.28. The average molecular weight is 313 g/mol. The van der Waals surface area contributed by atoms with Crippen LogP contribution >= 0.6 is 0 Å². The fourth-order valence-corrected chi connectivity index (χ4v) is 2.38. The van der Waals surface area contributed by atoms with Gasteiger partial charge in [0.25, 0.3) is 5.91 Å². The molecule has 0 atom stereocenters. The van der Waals surface area contributed by atoms with Gasteiger partial charge in [-0.1, -0.05) is 6.07 Å². The number of amides is 1. The molecule has 1 amide bonds. The normalized spacial score (nSPS) is 13.5. The third kappa shape index (κ3) is 3.26. The molecule has 0 fully saturated rings. The van der Waals surface area contributed by atoms with Crippen molar-refractivity contribution in [1.82, 2.24) is 9.97 Å². The fourth-order valence-electron chi connectivity index (χ4n) is 2.38. The van der Waals surface area contributed by atoms with E-state index in [-0.39, 0.29) is 12.0 Å². The molecule has 1 aliphatic heterocycles. The molecule has 0 radical (unpaired) electrons. The lowest BCUT2D eigenvalue weighted by Crippen LogP contribution is -2.38. The smallest absolute Gasteiger partial charge is 0.277 e. The van der Waals surface area contributed by atoms with Crippen LogP contribution in [0.5, 0.6) is 11.8 Å². The summed E-state index contributed by atoms with van der Waals surface area (Å²) in [4.78, 5) is 23.1. The maximum atomic E-state index is 12.8. The molecule has 2 aromatic rings. The number of nitrogens with zero attached hydrogens (tertiary/aromatic N) is 3. The number of rotatable bonds is 3. The number of ether oxygens (including phenoxy) is 2. The maximum Gasteiger partial charge on any atom is 0.277 e. The van der Waals surface area contributed by atoms with Crippen LogP contribution in [0.3, 0.4) is 0 Å². The molecule has 0 bridgehead atoms. The van der Waals surface area contributed by atoms with Crippen molar-refractivity contribution in [3.63, 3.8) is 0 Å². The Morgan fingerprint density at radius 1 is 1.26 bits per heavy atom. The monoisotopic (exact) mass is 313 g/mol. The molecule has 23 heavy (non-hydrogen) atoms. The number of hydrogen-bond donors (Lipinski definition) is 0. The van der Waals surface area contributed by atoms with E-state index in [0.717, 1.165) is 5.69 Å². The van der Waals surface area contributed by atoms with E-state index in [9.17, 15) is 4.79 Å². The van der Waals surface area contributed by atoms with Gasteiger partial charge in [-0.3, -0.25) is 9.69 Å². The number of aromatic nitrogens is 2. The van der Waals surface area contributed by atoms with Gasteiger partial charge in [0.2, 0.25) is 11.8 Å². The maximum absolute atomic E-state index is 12.8. The predicted octanol–water partition coefficient (Wildman–Crippen LogP) is 2.61. The quantitative estimate of drug-likeness (QED) is 0.871. The van der Waals surface area contributed by atoms with Crippen LogP contribution in [-0.2, 0) is 0 Å². The van der Waals surface area contributed by atoms with E-state index in [0.29, 0.717) is 36.3 Å². The van der Waals surface area contributed by atoms with Gasteiger partial charge in [-0.15, -0.1) is 0 Å². The molecule has 120 valence electrons. The van der Waals surface area contributed by atoms with Gasteiger partial charge in [0.1, 0.15) is 18.0 Å². The van der Waals surface area contributed by atoms with Crippen LogP contribution in [0.4, 0.5) is 5.69 Å². The Morgan fingerprint density at radius 2 is 2.09 bits per heavy atom. The second-order valence-corrected chi connectivity index (χ2v) is 5.61. The summed E-state index contributed by atoms with van der Waals surface area (Å²) in [5.41, 5.74) is 1.86. The van der Waals surface area contributed by atoms with Crippen molar-refractivity contribution in [2.24, 2.45) is 0 Å². The van der Waals surface area contributed by atoms with Gasteiger partial charge in [-0.2, -0.15) is 0 Å². The Labute approximate surface area is 135 Å². The summed E-state index contributed by atoms with van der Waals surface area (Å²) in [7, 11) is 0. The van der Waals surface area contributed by atoms with Crippen molar-refractivity contribution in [1.29, 1.82) is 0 Å². The molecular formula is C17H19N3O3. The molecule has 6 nitrogen and oxygen atoms in total. The van der Waals surface area contributed by atoms with Crippen molar-refractivity contribution in [2.75, 3.05) is 18.1 Å². The van der Waals surface area contributed by atoms with Crippen LogP contribution in [0, 0.1) is 6.92 Å². The molecule has 2 aromatic heterocycles. The molecule has 3 rings (SSSR count). The van der Waals surface area contributed by atoms with E-state index in [1.807, 2.05) is 32.9 Å². The zero-order valence-corrected chi connectivity index (χ0v) is 13.4. The van der Waals surface area contributed by atoms with Gasteiger partial charge < -0.3 is 9.47 Å². The van der Waals surface area contributed by atoms with Gasteiger partial charge in [0.15, 0.2) is 0 Å². The standard InChI is InChI=1S/C17H19N3O3/c1-11(2)23-15-6-4-5-13(19-15)17(21)20-9-10-22-16-14(20)8-7-12(3)18-16/h4-8,11H,9-10H2,1-3H3. The van der Waals surface area contributed by atoms with Crippen molar-refractivity contribution in [2.45, 2.75) is 26.9 Å². The highest BCUT2D eigenvalue weighted by Crippen LogP contribution is 2.30. The second-order valence-electron chi connectivity index (χ2n) is 5.61. The number of aryl methyl sites for hydroxylation is 1. The first-order valence-electron chi connectivity index (χ1n) is 7.60. The minimum absolute atomic E-state index is 0.00383. The van der Waals surface area contributed by atoms with Gasteiger partial charge in [-0.05, 0) is 39.0 Å². The SMILES string of the molecule is Cc1ccc2c(n1)OCCN2C(=O)c1cccc(OC(C)C)n1. The largest absolute Gasteiger partial charge is 0.475 e. The van der Waals surface area contributed by atoms with Gasteiger partial charge >= 0.3 is 0 Å². The summed E-state index contributed by atoms with van der Waals surface area (Å²) < 4.78 is 11.1. The summed E-state index contributed by atoms with van der Waals surface area (Å²) in [6.07, 6.45) is 0.00383. The summed E-state index contributed by atoms with van der Waals surface area (Å²) in [6, 6.07) is 8.91. The molecule has 0 saturated carbocycles. The highest BCUT2D eigenvalue weighted by molar-refractivity contribution is 6.05. The molecule has 3 heterocycles. The minimum Gasteiger partial charge on any atom is -0.475 e. The summed E-state index contributed by atoms with van der Waals surface area (Å²) >= 11 is 0. The number of hydrogen-bond acceptors (Lipinski definition) is 5. The van der Waals surface area contributed by atoms with E-state index < -0.39 is 0 Å². The fraction of sp³-hybridized carbons (Fsp3) is 0.353. The zero-order chi connectivity index (χ0) is 16.4. The zero-order valence-electron chi connectivity index (χ0n) is 13.4. The molecule has 6 heteroatoms. The van der Waals surface area contributed by atoms with Crippen LogP contribution < -0.4 is 14.4 Å². The third-order valence-electron chi connectivity index (χ3n) is 3.37. The molecule has 0 spiro atoms. The molecule has 0 unspecified atom stereocenters. The van der Waals surface area contributed by atoms with Crippen LogP contribution in [0.1, 0.15) is 30.0 Å². The molecule has 0 aromatic carbocycles. The Morgan fingerprint density at radius 3 is 2.87 bits per heavy atom. The Kier molecular flexibility index (Phi) is 4.14. The number of fused-ring (bicyclic) bond motifs is 1. The lowest BCUT2D eigenvalue weighted by molar-refractivity contribution is 0.0969. The van der Waals surface area contributed by atoms with Crippen molar-refractivity contribution in [3.8, 4) is 11.8 Å². The number of pyridine rings is 2. The highest BCUT2D eigenvalue weighted by Gasteiger charge is 2.26. The lowest BCUT2D eigenvalue weighted by atomic mass is 10.2. The Hall–Kier alpha value is -2.63. The minimum atomic E-state index is -0.186. The molecule has 0 N–H and O–H groups in total. The average Bonchev–Trinajstić information content (AvgIpc) is 2.53. The van der Waals surface area contributed by atoms with Gasteiger partial charge in [0, 0.05) is 11.8 Å². The predicted molar refractivity (Wildman–Crippen MR) is 86.1 cm³/mol. The Balaban J connectivity index is 1.90. The van der Waals surface area contributed by atoms with Crippen molar-refractivity contribution < 1.29 is 14.3 Å². The number of carbonyl (C=O) groups excluding carboxylic acids is 1. The second kappa shape index (κ2) is 6.24. The van der Waals surface area contributed by atoms with Crippen LogP contribution in [0.25, 0.3) is 0 Å². The van der Waals surface area contributed by atoms with Crippen LogP contribution in [0.15, 0.2) is 30.3 Å². The summed E-state index contributed by atoms with van der Waals surface area (Å²) in [6.45, 7) is 6.61. The number of carbonyl (C=O) groups is 1. The first-order valence-corrected chi connectivity index (χ1v) is 7.60. The van der Waals surface area contributed by atoms with Crippen molar-refractivity contribution >= 4 is 11.6 Å². The van der Waals surface area contributed by atoms with Gasteiger partial charge in [-0.25, -0.2) is 9.97 Å². The molecule has 0 aliphatic carbocycles. The first kappa shape index (κ1) is 15.3. The van der Waals surface area contributed by atoms with E-state index in [1.54, 1.807) is 23.1 Å². The van der Waals surface area contributed by atoms with Crippen LogP contribution in [-0.4, -0.2) is 35.1 Å². The van der Waals surface area contributed by atoms with E-state index in [2.05, 4.69) is 9.97 Å². The van der Waals surface area contributed by atoms with E-state index in [1.165, 1.54) is 0 Å². The Bertz CT molecular complexity index is 731. The van der Waals surface area contributed by atoms with E-state index in [4.69, 9.17) is 9.47 Å². The molecule has 0 saturated heterocycles. The van der Waals surface area contributed by atoms with Crippen LogP contribution in [0.2, 0.25) is 0 Å². The topological polar surface area (TPSA) is 64.5 Å². The summed E-state index contributed by atoms with van der Waals surface area (Å²) in [5, 5.41) is 0. The highest BCUT2D eigenvalue weighted by atomic mass is 16.5. The van der Waals surface area contributed by atoms with Gasteiger partial charge in [0.05, 0.1) is 12.6 Å². The van der Waals surface area contributed by atoms with Crippen molar-refractivity contribution in [3.05, 3.63) is 41.7 Å². The molecule has 1 aliphatic rings. The summed E-state index contributed by atoms with van der Waals surface area (Å²) in [5.74, 6) is 0.745. The number of anilines is 1.